The van der Waals surface area contributed by atoms with Crippen molar-refractivity contribution in [1.82, 2.24) is 5.32 Å². The average molecular weight is 553 g/mol. The Labute approximate surface area is 206 Å². The minimum atomic E-state index is -4.44. The fraction of sp³-hybridized carbons (Fsp3) is 0.522. The molecule has 1 atom stereocenters. The summed E-state index contributed by atoms with van der Waals surface area (Å²) in [6.07, 6.45) is -1.71. The van der Waals surface area contributed by atoms with Gasteiger partial charge in [-0.3, -0.25) is 0 Å². The topological polar surface area (TPSA) is 84.6 Å². The molecule has 1 unspecified atom stereocenters. The molecule has 0 spiro atoms. The van der Waals surface area contributed by atoms with E-state index in [9.17, 15) is 23.1 Å². The van der Waals surface area contributed by atoms with Crippen molar-refractivity contribution in [2.75, 3.05) is 6.61 Å². The van der Waals surface area contributed by atoms with Crippen LogP contribution in [0.2, 0.25) is 0 Å². The molecule has 186 valence electrons. The maximum Gasteiger partial charge on any atom is 0.416 e. The van der Waals surface area contributed by atoms with E-state index >= 15 is 0 Å². The van der Waals surface area contributed by atoms with Gasteiger partial charge in [0.1, 0.15) is 6.10 Å². The van der Waals surface area contributed by atoms with Crippen LogP contribution in [-0.2, 0) is 10.9 Å². The summed E-state index contributed by atoms with van der Waals surface area (Å²) < 4.78 is 45.6. The minimum absolute atomic E-state index is 0.0196. The zero-order valence-electron chi connectivity index (χ0n) is 19.0. The van der Waals surface area contributed by atoms with Crippen LogP contribution in [0.5, 0.6) is 0 Å². The van der Waals surface area contributed by atoms with E-state index in [0.29, 0.717) is 10.9 Å². The summed E-state index contributed by atoms with van der Waals surface area (Å²) >= 11 is 4.50. The summed E-state index contributed by atoms with van der Waals surface area (Å²) in [5, 5.41) is 12.7. The Morgan fingerprint density at radius 1 is 1.30 bits per heavy atom. The van der Waals surface area contributed by atoms with Crippen molar-refractivity contribution in [2.45, 2.75) is 64.8 Å². The first-order chi connectivity index (χ1) is 15.3. The van der Waals surface area contributed by atoms with Crippen molar-refractivity contribution in [1.29, 1.82) is 0 Å². The summed E-state index contributed by atoms with van der Waals surface area (Å²) in [5.74, 6) is 0.639. The van der Waals surface area contributed by atoms with Crippen LogP contribution in [0.25, 0.3) is 0 Å². The van der Waals surface area contributed by atoms with Crippen molar-refractivity contribution >= 4 is 33.7 Å². The molecule has 1 saturated carbocycles. The number of allylic oxidation sites excluding steroid dienone is 1. The molecule has 1 fully saturated rings. The number of hydrogen-bond donors (Lipinski definition) is 3. The number of aliphatic hydroxyl groups is 1. The Hall–Kier alpha value is -1.49. The van der Waals surface area contributed by atoms with Crippen molar-refractivity contribution in [2.24, 2.45) is 11.7 Å². The van der Waals surface area contributed by atoms with Crippen molar-refractivity contribution < 1.29 is 27.8 Å². The average Bonchev–Trinajstić information content (AvgIpc) is 2.72. The number of halogens is 4. The zero-order chi connectivity index (χ0) is 25.2. The number of urea groups is 1. The molecule has 2 rings (SSSR count). The number of benzene rings is 1. The lowest BCUT2D eigenvalue weighted by Crippen LogP contribution is -2.28. The monoisotopic (exact) mass is 552 g/mol. The molecule has 2 amide bonds. The standard InChI is InChI=1S/C16H21F3O2.C7H11BrN2OS/c1-11-6-8-12(9-7-11)21-15(10-20)13-4-2-3-5-14(13)16(17,18)19;1-4(2)6(10-7(9)11)12-5(3)8/h2-5,11-12,15,20H,6-10H2,1H3;3H2,1-2H3,(H3,9,10,11). The van der Waals surface area contributed by atoms with Gasteiger partial charge in [0.25, 0.3) is 0 Å². The van der Waals surface area contributed by atoms with Crippen molar-refractivity contribution in [3.05, 3.63) is 56.4 Å². The van der Waals surface area contributed by atoms with Gasteiger partial charge >= 0.3 is 12.2 Å². The highest BCUT2D eigenvalue weighted by Crippen LogP contribution is 2.37. The highest BCUT2D eigenvalue weighted by Gasteiger charge is 2.35. The van der Waals surface area contributed by atoms with Crippen LogP contribution < -0.4 is 11.1 Å². The normalized spacial score (nSPS) is 19.0. The van der Waals surface area contributed by atoms with Gasteiger partial charge < -0.3 is 20.9 Å². The van der Waals surface area contributed by atoms with Crippen molar-refractivity contribution in [3.8, 4) is 0 Å². The molecule has 33 heavy (non-hydrogen) atoms. The van der Waals surface area contributed by atoms with E-state index in [1.807, 2.05) is 13.8 Å². The first-order valence-electron chi connectivity index (χ1n) is 10.5. The van der Waals surface area contributed by atoms with E-state index in [1.165, 1.54) is 23.9 Å². The molecule has 0 saturated heterocycles. The number of nitrogens with one attached hydrogen (secondary N) is 1. The molecular weight excluding hydrogens is 521 g/mol. The summed E-state index contributed by atoms with van der Waals surface area (Å²) in [6, 6.07) is 4.75. The number of primary amides is 1. The molecule has 0 heterocycles. The molecule has 4 N–H and O–H groups in total. The maximum absolute atomic E-state index is 13.0. The number of amides is 2. The SMILES string of the molecule is C=C(Br)SC(NC(N)=O)=C(C)C.CC1CCC(OC(CO)c2ccccc2C(F)(F)F)CC1. The number of thioether (sulfide) groups is 1. The number of carbonyl (C=O) groups excluding carboxylic acids is 1. The summed E-state index contributed by atoms with van der Waals surface area (Å²) in [4.78, 5) is 10.5. The van der Waals surface area contributed by atoms with E-state index in [0.717, 1.165) is 41.1 Å². The van der Waals surface area contributed by atoms with Crippen LogP contribution >= 0.6 is 27.7 Å². The molecule has 0 radical (unpaired) electrons. The quantitative estimate of drug-likeness (QED) is 0.345. The Morgan fingerprint density at radius 3 is 2.33 bits per heavy atom. The predicted molar refractivity (Wildman–Crippen MR) is 131 cm³/mol. The van der Waals surface area contributed by atoms with Crippen molar-refractivity contribution in [3.63, 3.8) is 0 Å². The van der Waals surface area contributed by atoms with E-state index in [-0.39, 0.29) is 11.7 Å². The fourth-order valence-electron chi connectivity index (χ4n) is 3.32. The van der Waals surface area contributed by atoms with Gasteiger partial charge in [0.05, 0.1) is 23.3 Å². The minimum Gasteiger partial charge on any atom is -0.393 e. The van der Waals surface area contributed by atoms with Gasteiger partial charge in [0.2, 0.25) is 0 Å². The van der Waals surface area contributed by atoms with Gasteiger partial charge in [-0.2, -0.15) is 13.2 Å². The Balaban J connectivity index is 0.000000389. The summed E-state index contributed by atoms with van der Waals surface area (Å²) in [6.45, 7) is 9.12. The highest BCUT2D eigenvalue weighted by molar-refractivity contribution is 9.14. The lowest BCUT2D eigenvalue weighted by Gasteiger charge is -2.30. The second-order valence-electron chi connectivity index (χ2n) is 8.05. The second kappa shape index (κ2) is 14.0. The molecule has 0 bridgehead atoms. The van der Waals surface area contributed by atoms with Gasteiger partial charge in [-0.05, 0) is 78.6 Å². The molecule has 1 aromatic rings. The first-order valence-corrected chi connectivity index (χ1v) is 12.1. The molecule has 0 aliphatic heterocycles. The van der Waals surface area contributed by atoms with Crippen LogP contribution in [0.3, 0.4) is 0 Å². The molecule has 0 aromatic heterocycles. The largest absolute Gasteiger partial charge is 0.416 e. The van der Waals surface area contributed by atoms with E-state index in [4.69, 9.17) is 10.5 Å². The summed E-state index contributed by atoms with van der Waals surface area (Å²) in [5.41, 5.74) is 5.24. The zero-order valence-corrected chi connectivity index (χ0v) is 21.4. The smallest absolute Gasteiger partial charge is 0.393 e. The van der Waals surface area contributed by atoms with Gasteiger partial charge in [0, 0.05) is 3.81 Å². The number of carbonyl (C=O) groups is 1. The number of ether oxygens (including phenoxy) is 1. The van der Waals surface area contributed by atoms with Gasteiger partial charge in [-0.25, -0.2) is 4.79 Å². The third kappa shape index (κ3) is 11.0. The Kier molecular flexibility index (Phi) is 12.6. The number of nitrogens with two attached hydrogens (primary N) is 1. The van der Waals surface area contributed by atoms with E-state index in [1.54, 1.807) is 6.07 Å². The Morgan fingerprint density at radius 2 is 1.88 bits per heavy atom. The van der Waals surface area contributed by atoms with Crippen LogP contribution in [0.4, 0.5) is 18.0 Å². The first kappa shape index (κ1) is 29.5. The molecular formula is C23H32BrF3N2O3S. The Bertz CT molecular complexity index is 803. The number of rotatable bonds is 7. The van der Waals surface area contributed by atoms with E-state index in [2.05, 4.69) is 34.7 Å². The number of hydrogen-bond acceptors (Lipinski definition) is 4. The number of alkyl halides is 3. The third-order valence-corrected chi connectivity index (χ3v) is 6.42. The molecule has 1 aliphatic rings. The molecule has 5 nitrogen and oxygen atoms in total. The number of aliphatic hydroxyl groups excluding tert-OH is 1. The van der Waals surface area contributed by atoms with Crippen LogP contribution in [0.1, 0.15) is 63.7 Å². The van der Waals surface area contributed by atoms with Crippen LogP contribution in [0, 0.1) is 5.92 Å². The van der Waals surface area contributed by atoms with Gasteiger partial charge in [-0.1, -0.05) is 43.5 Å². The molecule has 1 aliphatic carbocycles. The van der Waals surface area contributed by atoms with Crippen LogP contribution in [0.15, 0.2) is 45.3 Å². The van der Waals surface area contributed by atoms with Gasteiger partial charge in [-0.15, -0.1) is 0 Å². The van der Waals surface area contributed by atoms with Crippen LogP contribution in [-0.4, -0.2) is 23.8 Å². The second-order valence-corrected chi connectivity index (χ2v) is 10.6. The third-order valence-electron chi connectivity index (χ3n) is 5.00. The van der Waals surface area contributed by atoms with E-state index < -0.39 is 30.5 Å². The fourth-order valence-corrected chi connectivity index (χ4v) is 4.39. The summed E-state index contributed by atoms with van der Waals surface area (Å²) in [7, 11) is 0. The maximum atomic E-state index is 13.0. The predicted octanol–water partition coefficient (Wildman–Crippen LogP) is 6.84. The lowest BCUT2D eigenvalue weighted by molar-refractivity contribution is -0.141. The highest BCUT2D eigenvalue weighted by atomic mass is 79.9. The molecule has 1 aromatic carbocycles. The van der Waals surface area contributed by atoms with Gasteiger partial charge in [0.15, 0.2) is 0 Å². The molecule has 10 heteroatoms. The lowest BCUT2D eigenvalue weighted by atomic mass is 9.88.